The monoisotopic (exact) mass is 252 g/mol. The van der Waals surface area contributed by atoms with E-state index >= 15 is 0 Å². The summed E-state index contributed by atoms with van der Waals surface area (Å²) in [5.74, 6) is 0. The maximum Gasteiger partial charge on any atom is 0.129 e. The summed E-state index contributed by atoms with van der Waals surface area (Å²) in [6.07, 6.45) is 1.63. The van der Waals surface area contributed by atoms with E-state index in [4.69, 9.17) is 28.7 Å². The van der Waals surface area contributed by atoms with Crippen LogP contribution in [0, 0.1) is 0 Å². The van der Waals surface area contributed by atoms with Crippen LogP contribution in [0.5, 0.6) is 0 Å². The first-order chi connectivity index (χ1) is 7.72. The summed E-state index contributed by atoms with van der Waals surface area (Å²) in [5, 5.41) is 6.17. The minimum absolute atomic E-state index is 0.271. The number of aromatic nitrogens is 1. The van der Waals surface area contributed by atoms with Gasteiger partial charge in [0, 0.05) is 26.9 Å². The first-order valence-corrected chi connectivity index (χ1v) is 5.21. The van der Waals surface area contributed by atoms with Gasteiger partial charge < -0.3 is 0 Å². The van der Waals surface area contributed by atoms with Crippen molar-refractivity contribution in [3.8, 4) is 0 Å². The lowest BCUT2D eigenvalue weighted by molar-refractivity contribution is 1.06. The summed E-state index contributed by atoms with van der Waals surface area (Å²) >= 11 is 11.8. The van der Waals surface area contributed by atoms with Crippen LogP contribution in [0.3, 0.4) is 0 Å². The van der Waals surface area contributed by atoms with Gasteiger partial charge in [-0.3, -0.25) is 0 Å². The quantitative estimate of drug-likeness (QED) is 0.339. The highest BCUT2D eigenvalue weighted by atomic mass is 35.5. The van der Waals surface area contributed by atoms with Crippen LogP contribution in [0.2, 0.25) is 10.2 Å². The van der Waals surface area contributed by atoms with Gasteiger partial charge in [0.05, 0.1) is 6.54 Å². The molecule has 0 bridgehead atoms. The minimum Gasteiger partial charge on any atom is -0.244 e. The Morgan fingerprint density at radius 1 is 1.31 bits per heavy atom. The molecule has 0 amide bonds. The fraction of sp³-hybridized carbons (Fsp3) is 0.100. The second-order valence-corrected chi connectivity index (χ2v) is 3.94. The number of hydrogen-bond acceptors (Lipinski definition) is 2. The van der Waals surface area contributed by atoms with Crippen molar-refractivity contribution in [1.82, 2.24) is 4.98 Å². The Balaban J connectivity index is 2.68. The zero-order valence-corrected chi connectivity index (χ0v) is 9.57. The molecule has 0 aliphatic carbocycles. The molecule has 0 aliphatic rings. The molecule has 2 rings (SSSR count). The highest BCUT2D eigenvalue weighted by Crippen LogP contribution is 2.28. The second-order valence-electron chi connectivity index (χ2n) is 3.15. The number of hydrogen-bond donors (Lipinski definition) is 0. The Kier molecular flexibility index (Phi) is 3.15. The Bertz CT molecular complexity index is 591. The summed E-state index contributed by atoms with van der Waals surface area (Å²) in [6.45, 7) is 0.271. The molecule has 16 heavy (non-hydrogen) atoms. The Morgan fingerprint density at radius 2 is 2.12 bits per heavy atom. The average molecular weight is 253 g/mol. The molecule has 0 saturated heterocycles. The van der Waals surface area contributed by atoms with Crippen LogP contribution in [-0.2, 0) is 6.54 Å². The summed E-state index contributed by atoms with van der Waals surface area (Å²) in [4.78, 5) is 6.71. The lowest BCUT2D eigenvalue weighted by atomic mass is 10.1. The van der Waals surface area contributed by atoms with Crippen LogP contribution in [-0.4, -0.2) is 4.98 Å². The minimum atomic E-state index is 0.271. The number of halogens is 2. The van der Waals surface area contributed by atoms with Crippen molar-refractivity contribution in [2.75, 3.05) is 0 Å². The van der Waals surface area contributed by atoms with Crippen molar-refractivity contribution in [2.45, 2.75) is 6.54 Å². The molecule has 6 heteroatoms. The van der Waals surface area contributed by atoms with Gasteiger partial charge in [0.25, 0.3) is 0 Å². The van der Waals surface area contributed by atoms with Gasteiger partial charge in [-0.15, -0.1) is 0 Å². The fourth-order valence-electron chi connectivity index (χ4n) is 1.48. The molecule has 1 aromatic heterocycles. The van der Waals surface area contributed by atoms with E-state index in [0.717, 1.165) is 16.3 Å². The summed E-state index contributed by atoms with van der Waals surface area (Å²) in [6, 6.07) is 5.26. The molecule has 0 aliphatic heterocycles. The fourth-order valence-corrected chi connectivity index (χ4v) is 1.86. The lowest BCUT2D eigenvalue weighted by Gasteiger charge is -2.05. The summed E-state index contributed by atoms with van der Waals surface area (Å²) < 4.78 is 0. The maximum atomic E-state index is 8.29. The zero-order valence-electron chi connectivity index (χ0n) is 8.06. The van der Waals surface area contributed by atoms with Crippen molar-refractivity contribution < 1.29 is 0 Å². The molecule has 1 aromatic carbocycles. The predicted octanol–water partition coefficient (Wildman–Crippen LogP) is 4.35. The van der Waals surface area contributed by atoms with Gasteiger partial charge in [-0.1, -0.05) is 34.4 Å². The second kappa shape index (κ2) is 4.58. The Morgan fingerprint density at radius 3 is 2.88 bits per heavy atom. The summed E-state index contributed by atoms with van der Waals surface area (Å²) in [5.41, 5.74) is 9.17. The third kappa shape index (κ3) is 2.04. The highest BCUT2D eigenvalue weighted by Gasteiger charge is 2.05. The van der Waals surface area contributed by atoms with E-state index in [1.54, 1.807) is 18.3 Å². The molecule has 0 saturated carbocycles. The van der Waals surface area contributed by atoms with Gasteiger partial charge in [0.15, 0.2) is 0 Å². The number of rotatable bonds is 2. The first kappa shape index (κ1) is 11.0. The van der Waals surface area contributed by atoms with Crippen LogP contribution in [0.1, 0.15) is 5.56 Å². The van der Waals surface area contributed by atoms with Gasteiger partial charge in [0.2, 0.25) is 0 Å². The number of pyridine rings is 1. The third-order valence-corrected chi connectivity index (χ3v) is 2.75. The maximum absolute atomic E-state index is 8.29. The molecular weight excluding hydrogens is 247 g/mol. The molecule has 4 nitrogen and oxygen atoms in total. The Hall–Kier alpha value is -1.48. The topological polar surface area (TPSA) is 61.7 Å². The third-order valence-electron chi connectivity index (χ3n) is 2.21. The molecule has 80 valence electrons. The highest BCUT2D eigenvalue weighted by molar-refractivity contribution is 6.36. The van der Waals surface area contributed by atoms with Crippen molar-refractivity contribution in [2.24, 2.45) is 5.11 Å². The zero-order chi connectivity index (χ0) is 11.5. The first-order valence-electron chi connectivity index (χ1n) is 4.46. The molecular formula is C10H6Cl2N4. The van der Waals surface area contributed by atoms with Crippen LogP contribution in [0.15, 0.2) is 29.5 Å². The van der Waals surface area contributed by atoms with E-state index in [-0.39, 0.29) is 6.54 Å². The van der Waals surface area contributed by atoms with E-state index in [9.17, 15) is 0 Å². The molecule has 0 radical (unpaired) electrons. The molecule has 0 fully saturated rings. The van der Waals surface area contributed by atoms with E-state index in [0.29, 0.717) is 10.2 Å². The number of fused-ring (bicyclic) bond motifs is 1. The largest absolute Gasteiger partial charge is 0.244 e. The summed E-state index contributed by atoms with van der Waals surface area (Å²) in [7, 11) is 0. The molecule has 2 aromatic rings. The van der Waals surface area contributed by atoms with Gasteiger partial charge in [-0.25, -0.2) is 4.98 Å². The van der Waals surface area contributed by atoms with Crippen molar-refractivity contribution in [3.63, 3.8) is 0 Å². The van der Waals surface area contributed by atoms with Crippen LogP contribution in [0.4, 0.5) is 0 Å². The molecule has 0 atom stereocenters. The average Bonchev–Trinajstić information content (AvgIpc) is 2.29. The van der Waals surface area contributed by atoms with Crippen molar-refractivity contribution in [1.29, 1.82) is 0 Å². The van der Waals surface area contributed by atoms with Gasteiger partial charge >= 0.3 is 0 Å². The van der Waals surface area contributed by atoms with Gasteiger partial charge in [-0.2, -0.15) is 0 Å². The van der Waals surface area contributed by atoms with Crippen LogP contribution >= 0.6 is 23.2 Å². The standard InChI is InChI=1S/C10H6Cl2N4/c11-9-2-1-6(4-15-16-13)8-5-14-10(12)3-7(8)9/h1-3,5H,4H2. The molecule has 0 spiro atoms. The van der Waals surface area contributed by atoms with E-state index in [1.165, 1.54) is 0 Å². The van der Waals surface area contributed by atoms with Crippen LogP contribution in [0.25, 0.3) is 21.2 Å². The molecule has 1 heterocycles. The smallest absolute Gasteiger partial charge is 0.129 e. The normalized spacial score (nSPS) is 10.1. The van der Waals surface area contributed by atoms with Gasteiger partial charge in [-0.05, 0) is 23.2 Å². The van der Waals surface area contributed by atoms with Crippen molar-refractivity contribution in [3.05, 3.63) is 50.6 Å². The number of benzene rings is 1. The van der Waals surface area contributed by atoms with Gasteiger partial charge in [0.1, 0.15) is 5.15 Å². The predicted molar refractivity (Wildman–Crippen MR) is 64.6 cm³/mol. The lowest BCUT2D eigenvalue weighted by Crippen LogP contribution is -1.87. The number of nitrogens with zero attached hydrogens (tertiary/aromatic N) is 4. The SMILES string of the molecule is [N-]=[N+]=NCc1ccc(Cl)c2cc(Cl)ncc12. The molecule has 0 unspecified atom stereocenters. The number of azide groups is 1. The van der Waals surface area contributed by atoms with E-state index in [1.807, 2.05) is 6.07 Å². The Labute approximate surface area is 101 Å². The van der Waals surface area contributed by atoms with Crippen molar-refractivity contribution >= 4 is 34.0 Å². The van der Waals surface area contributed by atoms with E-state index in [2.05, 4.69) is 15.0 Å². The van der Waals surface area contributed by atoms with E-state index < -0.39 is 0 Å². The van der Waals surface area contributed by atoms with Crippen LogP contribution < -0.4 is 0 Å². The molecule has 0 N–H and O–H groups in total.